The molecule has 1 N–H and O–H groups in total. The van der Waals surface area contributed by atoms with E-state index in [1.165, 1.54) is 18.1 Å². The lowest BCUT2D eigenvalue weighted by Gasteiger charge is -2.32. The summed E-state index contributed by atoms with van der Waals surface area (Å²) in [6, 6.07) is 14.0. The SMILES string of the molecule is CC(C)c1ccc(NC(=O)N2CCc3nc(N4CCCCC4)nc(Oc4ccccc4F)c3C2)cc1. The van der Waals surface area contributed by atoms with Gasteiger partial charge in [0.2, 0.25) is 11.8 Å². The average molecular weight is 490 g/mol. The molecule has 7 nitrogen and oxygen atoms in total. The Kier molecular flexibility index (Phi) is 7.02. The van der Waals surface area contributed by atoms with Crippen LogP contribution in [0.25, 0.3) is 0 Å². The summed E-state index contributed by atoms with van der Waals surface area (Å²) >= 11 is 0. The molecule has 3 heterocycles. The van der Waals surface area contributed by atoms with E-state index in [1.54, 1.807) is 23.1 Å². The standard InChI is InChI=1S/C28H32FN5O2/c1-19(2)20-10-12-21(13-11-20)30-28(35)34-17-14-24-22(18-34)26(36-25-9-5-4-8-23(25)29)32-27(31-24)33-15-6-3-7-16-33/h4-5,8-13,19H,3,6-7,14-18H2,1-2H3,(H,30,35). The van der Waals surface area contributed by atoms with Crippen LogP contribution >= 0.6 is 0 Å². The summed E-state index contributed by atoms with van der Waals surface area (Å²) in [6.07, 6.45) is 3.96. The van der Waals surface area contributed by atoms with Gasteiger partial charge in [0, 0.05) is 31.7 Å². The van der Waals surface area contributed by atoms with Gasteiger partial charge in [-0.15, -0.1) is 0 Å². The summed E-state index contributed by atoms with van der Waals surface area (Å²) in [4.78, 5) is 26.5. The third-order valence-electron chi connectivity index (χ3n) is 6.81. The summed E-state index contributed by atoms with van der Waals surface area (Å²) in [5, 5.41) is 2.99. The lowest BCUT2D eigenvalue weighted by molar-refractivity contribution is 0.205. The van der Waals surface area contributed by atoms with Crippen LogP contribution in [-0.2, 0) is 13.0 Å². The summed E-state index contributed by atoms with van der Waals surface area (Å²) in [5.74, 6) is 0.998. The maximum Gasteiger partial charge on any atom is 0.322 e. The molecule has 2 amide bonds. The second kappa shape index (κ2) is 10.5. The molecular formula is C28H32FN5O2. The Bertz CT molecular complexity index is 1230. The zero-order chi connectivity index (χ0) is 25.1. The molecular weight excluding hydrogens is 457 g/mol. The number of carbonyl (C=O) groups excluding carboxylic acids is 1. The fourth-order valence-electron chi connectivity index (χ4n) is 4.65. The number of benzene rings is 2. The van der Waals surface area contributed by atoms with E-state index in [1.807, 2.05) is 24.3 Å². The third kappa shape index (κ3) is 5.27. The molecule has 0 saturated carbocycles. The highest BCUT2D eigenvalue weighted by atomic mass is 19.1. The number of ether oxygens (including phenoxy) is 1. The van der Waals surface area contributed by atoms with Gasteiger partial charge in [-0.1, -0.05) is 38.1 Å². The van der Waals surface area contributed by atoms with Gasteiger partial charge < -0.3 is 19.9 Å². The van der Waals surface area contributed by atoms with Crippen LogP contribution < -0.4 is 15.0 Å². The topological polar surface area (TPSA) is 70.6 Å². The Balaban J connectivity index is 1.40. The van der Waals surface area contributed by atoms with Crippen LogP contribution in [0.1, 0.15) is 55.8 Å². The van der Waals surface area contributed by atoms with Gasteiger partial charge >= 0.3 is 6.03 Å². The molecule has 0 unspecified atom stereocenters. The molecule has 0 spiro atoms. The van der Waals surface area contributed by atoms with E-state index in [4.69, 9.17) is 14.7 Å². The highest BCUT2D eigenvalue weighted by Gasteiger charge is 2.28. The zero-order valence-corrected chi connectivity index (χ0v) is 20.8. The minimum absolute atomic E-state index is 0.106. The van der Waals surface area contributed by atoms with Gasteiger partial charge in [-0.3, -0.25) is 0 Å². The normalized spacial score (nSPS) is 15.6. The number of fused-ring (bicyclic) bond motifs is 1. The molecule has 36 heavy (non-hydrogen) atoms. The predicted molar refractivity (Wildman–Crippen MR) is 138 cm³/mol. The number of piperidine rings is 1. The van der Waals surface area contributed by atoms with E-state index in [-0.39, 0.29) is 18.3 Å². The van der Waals surface area contributed by atoms with Crippen LogP contribution in [0.5, 0.6) is 11.6 Å². The lowest BCUT2D eigenvalue weighted by Crippen LogP contribution is -2.40. The van der Waals surface area contributed by atoms with Crippen LogP contribution in [0.4, 0.5) is 20.8 Å². The molecule has 0 radical (unpaired) electrons. The summed E-state index contributed by atoms with van der Waals surface area (Å²) in [7, 11) is 0. The van der Waals surface area contributed by atoms with E-state index in [9.17, 15) is 9.18 Å². The van der Waals surface area contributed by atoms with Crippen molar-refractivity contribution in [1.82, 2.24) is 14.9 Å². The van der Waals surface area contributed by atoms with Gasteiger partial charge in [-0.25, -0.2) is 14.2 Å². The highest BCUT2D eigenvalue weighted by molar-refractivity contribution is 5.89. The Morgan fingerprint density at radius 3 is 2.47 bits per heavy atom. The van der Waals surface area contributed by atoms with Crippen molar-refractivity contribution in [3.8, 4) is 11.6 Å². The first-order valence-electron chi connectivity index (χ1n) is 12.7. The molecule has 5 rings (SSSR count). The van der Waals surface area contributed by atoms with Gasteiger partial charge in [-0.2, -0.15) is 4.98 Å². The van der Waals surface area contributed by atoms with Crippen LogP contribution in [0.3, 0.4) is 0 Å². The Labute approximate surface area is 211 Å². The molecule has 2 aliphatic heterocycles. The van der Waals surface area contributed by atoms with Crippen molar-refractivity contribution in [2.75, 3.05) is 29.9 Å². The Morgan fingerprint density at radius 2 is 1.75 bits per heavy atom. The predicted octanol–water partition coefficient (Wildman–Crippen LogP) is 6.11. The number of hydrogen-bond donors (Lipinski definition) is 1. The fourth-order valence-corrected chi connectivity index (χ4v) is 4.65. The number of urea groups is 1. The highest BCUT2D eigenvalue weighted by Crippen LogP contribution is 2.33. The molecule has 2 aromatic carbocycles. The number of amides is 2. The van der Waals surface area contributed by atoms with Crippen LogP contribution in [-0.4, -0.2) is 40.5 Å². The number of rotatable bonds is 5. The summed E-state index contributed by atoms with van der Waals surface area (Å²) in [5.41, 5.74) is 3.53. The van der Waals surface area contributed by atoms with Crippen LogP contribution in [0.15, 0.2) is 48.5 Å². The van der Waals surface area contributed by atoms with Gasteiger partial charge in [0.1, 0.15) is 0 Å². The molecule has 0 atom stereocenters. The smallest absolute Gasteiger partial charge is 0.322 e. The quantitative estimate of drug-likeness (QED) is 0.468. The fraction of sp³-hybridized carbons (Fsp3) is 0.393. The van der Waals surface area contributed by atoms with Crippen molar-refractivity contribution in [3.05, 3.63) is 71.2 Å². The number of para-hydroxylation sites is 1. The lowest BCUT2D eigenvalue weighted by atomic mass is 10.0. The molecule has 2 aliphatic rings. The maximum absolute atomic E-state index is 14.4. The summed E-state index contributed by atoms with van der Waals surface area (Å²) < 4.78 is 20.4. The Hall–Kier alpha value is -3.68. The molecule has 0 aliphatic carbocycles. The molecule has 8 heteroatoms. The second-order valence-electron chi connectivity index (χ2n) is 9.71. The van der Waals surface area contributed by atoms with Crippen molar-refractivity contribution < 1.29 is 13.9 Å². The molecule has 0 bridgehead atoms. The van der Waals surface area contributed by atoms with Gasteiger partial charge in [0.15, 0.2) is 11.6 Å². The number of anilines is 2. The zero-order valence-electron chi connectivity index (χ0n) is 20.8. The van der Waals surface area contributed by atoms with Crippen molar-refractivity contribution >= 4 is 17.7 Å². The van der Waals surface area contributed by atoms with E-state index >= 15 is 0 Å². The first-order chi connectivity index (χ1) is 17.5. The number of hydrogen-bond acceptors (Lipinski definition) is 5. The number of nitrogens with one attached hydrogen (secondary N) is 1. The minimum Gasteiger partial charge on any atom is -0.435 e. The van der Waals surface area contributed by atoms with E-state index in [0.717, 1.165) is 42.9 Å². The van der Waals surface area contributed by atoms with E-state index in [2.05, 4.69) is 24.1 Å². The molecule has 1 saturated heterocycles. The van der Waals surface area contributed by atoms with Crippen LogP contribution in [0.2, 0.25) is 0 Å². The third-order valence-corrected chi connectivity index (χ3v) is 6.81. The first kappa shape index (κ1) is 24.0. The van der Waals surface area contributed by atoms with Gasteiger partial charge in [0.05, 0.1) is 17.8 Å². The minimum atomic E-state index is -0.459. The Morgan fingerprint density at radius 1 is 1.00 bits per heavy atom. The van der Waals surface area contributed by atoms with Crippen molar-refractivity contribution in [2.45, 2.75) is 52.0 Å². The maximum atomic E-state index is 14.4. The van der Waals surface area contributed by atoms with Crippen molar-refractivity contribution in [3.63, 3.8) is 0 Å². The number of halogens is 1. The average Bonchev–Trinajstić information content (AvgIpc) is 2.90. The van der Waals surface area contributed by atoms with Crippen LogP contribution in [0, 0.1) is 5.82 Å². The molecule has 1 fully saturated rings. The first-order valence-corrected chi connectivity index (χ1v) is 12.7. The monoisotopic (exact) mass is 489 g/mol. The molecule has 3 aromatic rings. The molecule has 188 valence electrons. The van der Waals surface area contributed by atoms with Gasteiger partial charge in [-0.05, 0) is 55.0 Å². The van der Waals surface area contributed by atoms with Crippen molar-refractivity contribution in [1.29, 1.82) is 0 Å². The van der Waals surface area contributed by atoms with E-state index < -0.39 is 5.82 Å². The summed E-state index contributed by atoms with van der Waals surface area (Å²) in [6.45, 7) is 6.87. The van der Waals surface area contributed by atoms with E-state index in [0.29, 0.717) is 30.7 Å². The second-order valence-corrected chi connectivity index (χ2v) is 9.71. The number of nitrogens with zero attached hydrogens (tertiary/aromatic N) is 4. The molecule has 1 aromatic heterocycles. The largest absolute Gasteiger partial charge is 0.435 e. The van der Waals surface area contributed by atoms with Crippen molar-refractivity contribution in [2.24, 2.45) is 0 Å². The number of aromatic nitrogens is 2. The van der Waals surface area contributed by atoms with Gasteiger partial charge in [0.25, 0.3) is 0 Å². The number of carbonyl (C=O) groups is 1.